The molecule has 1 aliphatic heterocycles. The summed E-state index contributed by atoms with van der Waals surface area (Å²) in [6.07, 6.45) is -0.225. The van der Waals surface area contributed by atoms with E-state index in [1.165, 1.54) is 24.3 Å². The van der Waals surface area contributed by atoms with Crippen molar-refractivity contribution in [1.82, 2.24) is 10.2 Å². The highest BCUT2D eigenvalue weighted by molar-refractivity contribution is 5.80. The Kier molecular flexibility index (Phi) is 5.91. The van der Waals surface area contributed by atoms with E-state index in [4.69, 9.17) is 4.74 Å². The van der Waals surface area contributed by atoms with Crippen molar-refractivity contribution in [3.05, 3.63) is 65.2 Å². The van der Waals surface area contributed by atoms with Crippen LogP contribution in [0.1, 0.15) is 24.2 Å². The fourth-order valence-corrected chi connectivity index (χ4v) is 3.16. The standard InChI is InChI=1S/C20H23F2N3O2/c1-13-11-25(12-19(27-13)15-4-6-16(21)7-5-15)20(23-2)24-10-14-3-8-18(26)17(22)9-14/h3-9,13,19,26H,10-12H2,1-2H3,(H,23,24). The second-order valence-corrected chi connectivity index (χ2v) is 6.58. The van der Waals surface area contributed by atoms with Gasteiger partial charge in [0.05, 0.1) is 12.6 Å². The van der Waals surface area contributed by atoms with E-state index >= 15 is 0 Å². The fraction of sp³-hybridized carbons (Fsp3) is 0.350. The molecule has 27 heavy (non-hydrogen) atoms. The van der Waals surface area contributed by atoms with Gasteiger partial charge >= 0.3 is 0 Å². The lowest BCUT2D eigenvalue weighted by Crippen LogP contribution is -2.50. The number of aromatic hydroxyl groups is 1. The van der Waals surface area contributed by atoms with E-state index in [-0.39, 0.29) is 23.8 Å². The molecule has 0 aliphatic carbocycles. The number of benzene rings is 2. The van der Waals surface area contributed by atoms with Gasteiger partial charge in [-0.05, 0) is 42.3 Å². The van der Waals surface area contributed by atoms with Gasteiger partial charge in [-0.1, -0.05) is 18.2 Å². The van der Waals surface area contributed by atoms with Gasteiger partial charge in [0, 0.05) is 20.1 Å². The number of aliphatic imine (C=N–C) groups is 1. The molecule has 1 fully saturated rings. The van der Waals surface area contributed by atoms with Gasteiger partial charge < -0.3 is 20.1 Å². The molecular formula is C20H23F2N3O2. The van der Waals surface area contributed by atoms with Gasteiger partial charge in [-0.15, -0.1) is 0 Å². The van der Waals surface area contributed by atoms with Crippen LogP contribution in [0.25, 0.3) is 0 Å². The number of halogens is 2. The van der Waals surface area contributed by atoms with Crippen LogP contribution in [-0.2, 0) is 11.3 Å². The third-order valence-corrected chi connectivity index (χ3v) is 4.48. The lowest BCUT2D eigenvalue weighted by atomic mass is 10.1. The van der Waals surface area contributed by atoms with Crippen molar-refractivity contribution in [2.24, 2.45) is 4.99 Å². The van der Waals surface area contributed by atoms with E-state index in [0.29, 0.717) is 31.2 Å². The number of phenolic OH excluding ortho intramolecular Hbond substituents is 1. The number of guanidine groups is 1. The molecule has 0 amide bonds. The largest absolute Gasteiger partial charge is 0.505 e. The molecule has 0 aromatic heterocycles. The smallest absolute Gasteiger partial charge is 0.194 e. The molecular weight excluding hydrogens is 352 g/mol. The molecule has 2 N–H and O–H groups in total. The number of hydrogen-bond acceptors (Lipinski definition) is 3. The van der Waals surface area contributed by atoms with Crippen LogP contribution >= 0.6 is 0 Å². The SMILES string of the molecule is CN=C(NCc1ccc(O)c(F)c1)N1CC(C)OC(c2ccc(F)cc2)C1. The molecule has 2 aromatic rings. The van der Waals surface area contributed by atoms with E-state index < -0.39 is 5.82 Å². The Labute approximate surface area is 157 Å². The van der Waals surface area contributed by atoms with Gasteiger partial charge in [-0.2, -0.15) is 0 Å². The Morgan fingerprint density at radius 1 is 1.22 bits per heavy atom. The first-order chi connectivity index (χ1) is 13.0. The minimum Gasteiger partial charge on any atom is -0.505 e. The van der Waals surface area contributed by atoms with Gasteiger partial charge in [0.2, 0.25) is 0 Å². The zero-order chi connectivity index (χ0) is 19.4. The minimum absolute atomic E-state index is 0.0292. The maximum atomic E-state index is 13.5. The van der Waals surface area contributed by atoms with Gasteiger partial charge in [0.1, 0.15) is 11.9 Å². The Morgan fingerprint density at radius 2 is 1.96 bits per heavy atom. The monoisotopic (exact) mass is 375 g/mol. The van der Waals surface area contributed by atoms with E-state index in [2.05, 4.69) is 15.2 Å². The average molecular weight is 375 g/mol. The van der Waals surface area contributed by atoms with Gasteiger partial charge in [0.15, 0.2) is 17.5 Å². The first-order valence-corrected chi connectivity index (χ1v) is 8.80. The van der Waals surface area contributed by atoms with Crippen LogP contribution in [0.15, 0.2) is 47.5 Å². The van der Waals surface area contributed by atoms with Crippen molar-refractivity contribution in [2.45, 2.75) is 25.7 Å². The maximum Gasteiger partial charge on any atom is 0.194 e. The molecule has 7 heteroatoms. The number of nitrogens with one attached hydrogen (secondary N) is 1. The molecule has 1 aliphatic rings. The number of phenols is 1. The zero-order valence-electron chi connectivity index (χ0n) is 15.3. The predicted octanol–water partition coefficient (Wildman–Crippen LogP) is 3.21. The number of nitrogens with zero attached hydrogens (tertiary/aromatic N) is 2. The molecule has 0 bridgehead atoms. The van der Waals surface area contributed by atoms with Crippen molar-refractivity contribution in [1.29, 1.82) is 0 Å². The number of rotatable bonds is 3. The molecule has 5 nitrogen and oxygen atoms in total. The van der Waals surface area contributed by atoms with E-state index in [1.54, 1.807) is 25.2 Å². The summed E-state index contributed by atoms with van der Waals surface area (Å²) in [5, 5.41) is 12.5. The zero-order valence-corrected chi connectivity index (χ0v) is 15.3. The van der Waals surface area contributed by atoms with Crippen molar-refractivity contribution >= 4 is 5.96 Å². The van der Waals surface area contributed by atoms with Crippen molar-refractivity contribution in [2.75, 3.05) is 20.1 Å². The van der Waals surface area contributed by atoms with E-state index in [9.17, 15) is 13.9 Å². The highest BCUT2D eigenvalue weighted by Gasteiger charge is 2.28. The molecule has 1 heterocycles. The average Bonchev–Trinajstić information content (AvgIpc) is 2.65. The first kappa shape index (κ1) is 19.1. The van der Waals surface area contributed by atoms with Crippen LogP contribution in [0, 0.1) is 11.6 Å². The molecule has 0 spiro atoms. The summed E-state index contributed by atoms with van der Waals surface area (Å²) in [5.74, 6) is -0.628. The normalized spacial score (nSPS) is 20.6. The molecule has 1 saturated heterocycles. The highest BCUT2D eigenvalue weighted by atomic mass is 19.1. The third kappa shape index (κ3) is 4.74. The van der Waals surface area contributed by atoms with Gasteiger partial charge in [-0.25, -0.2) is 8.78 Å². The molecule has 3 rings (SSSR count). The quantitative estimate of drug-likeness (QED) is 0.639. The predicted molar refractivity (Wildman–Crippen MR) is 99.5 cm³/mol. The van der Waals surface area contributed by atoms with Crippen molar-refractivity contribution in [3.8, 4) is 5.75 Å². The molecule has 2 unspecified atom stereocenters. The lowest BCUT2D eigenvalue weighted by Gasteiger charge is -2.38. The summed E-state index contributed by atoms with van der Waals surface area (Å²) >= 11 is 0. The summed E-state index contributed by atoms with van der Waals surface area (Å²) in [7, 11) is 1.69. The number of morpholine rings is 1. The van der Waals surface area contributed by atoms with Crippen LogP contribution in [0.4, 0.5) is 8.78 Å². The second-order valence-electron chi connectivity index (χ2n) is 6.58. The Bertz CT molecular complexity index is 811. The number of ether oxygens (including phenoxy) is 1. The Balaban J connectivity index is 1.68. The van der Waals surface area contributed by atoms with Crippen LogP contribution in [0.3, 0.4) is 0 Å². The summed E-state index contributed by atoms with van der Waals surface area (Å²) in [4.78, 5) is 6.38. The fourth-order valence-electron chi connectivity index (χ4n) is 3.16. The molecule has 0 saturated carbocycles. The summed E-state index contributed by atoms with van der Waals surface area (Å²) in [5.41, 5.74) is 1.60. The van der Waals surface area contributed by atoms with E-state index in [1.807, 2.05) is 6.92 Å². The van der Waals surface area contributed by atoms with Crippen LogP contribution in [0.2, 0.25) is 0 Å². The van der Waals surface area contributed by atoms with Crippen molar-refractivity contribution < 1.29 is 18.6 Å². The Morgan fingerprint density at radius 3 is 2.63 bits per heavy atom. The molecule has 144 valence electrons. The molecule has 2 aromatic carbocycles. The topological polar surface area (TPSA) is 57.1 Å². The van der Waals surface area contributed by atoms with Gasteiger partial charge in [0.25, 0.3) is 0 Å². The van der Waals surface area contributed by atoms with Crippen LogP contribution in [-0.4, -0.2) is 42.2 Å². The lowest BCUT2D eigenvalue weighted by molar-refractivity contribution is -0.0605. The number of hydrogen-bond donors (Lipinski definition) is 2. The van der Waals surface area contributed by atoms with Gasteiger partial charge in [-0.3, -0.25) is 4.99 Å². The first-order valence-electron chi connectivity index (χ1n) is 8.80. The summed E-state index contributed by atoms with van der Waals surface area (Å²) < 4.78 is 32.7. The van der Waals surface area contributed by atoms with E-state index in [0.717, 1.165) is 5.56 Å². The molecule has 0 radical (unpaired) electrons. The summed E-state index contributed by atoms with van der Waals surface area (Å²) in [6.45, 7) is 3.57. The van der Waals surface area contributed by atoms with Crippen molar-refractivity contribution in [3.63, 3.8) is 0 Å². The van der Waals surface area contributed by atoms with Crippen LogP contribution in [0.5, 0.6) is 5.75 Å². The minimum atomic E-state index is -0.652. The Hall–Kier alpha value is -2.67. The van der Waals surface area contributed by atoms with Crippen LogP contribution < -0.4 is 5.32 Å². The third-order valence-electron chi connectivity index (χ3n) is 4.48. The summed E-state index contributed by atoms with van der Waals surface area (Å²) in [6, 6.07) is 10.6. The highest BCUT2D eigenvalue weighted by Crippen LogP contribution is 2.25. The maximum absolute atomic E-state index is 13.5. The second kappa shape index (κ2) is 8.35. The molecule has 2 atom stereocenters.